The summed E-state index contributed by atoms with van der Waals surface area (Å²) in [5.74, 6) is -0.176. The molecule has 1 aromatic carbocycles. The van der Waals surface area contributed by atoms with Crippen molar-refractivity contribution >= 4 is 0 Å². The summed E-state index contributed by atoms with van der Waals surface area (Å²) in [5.41, 5.74) is 1.52. The maximum atomic E-state index is 11.7. The van der Waals surface area contributed by atoms with Crippen molar-refractivity contribution in [3.63, 3.8) is 0 Å². The third-order valence-electron chi connectivity index (χ3n) is 2.63. The van der Waals surface area contributed by atoms with Crippen molar-refractivity contribution in [2.45, 2.75) is 53.8 Å². The third kappa shape index (κ3) is 10.4. The number of hydrogen-bond donors (Lipinski definition) is 0. The van der Waals surface area contributed by atoms with E-state index in [9.17, 15) is 13.2 Å². The van der Waals surface area contributed by atoms with E-state index in [1.165, 1.54) is 18.6 Å². The van der Waals surface area contributed by atoms with Crippen LogP contribution in [0.25, 0.3) is 0 Å². The van der Waals surface area contributed by atoms with Crippen LogP contribution in [-0.2, 0) is 6.42 Å². The number of hydrogen-bond acceptors (Lipinski definition) is 1. The molecular formula is C15H23F3O. The van der Waals surface area contributed by atoms with Crippen molar-refractivity contribution in [3.8, 4) is 5.75 Å². The Kier molecular flexibility index (Phi) is 6.95. The molecule has 0 aliphatic carbocycles. The fourth-order valence-corrected chi connectivity index (χ4v) is 0.927. The Bertz CT molecular complexity index is 347. The molecule has 0 heterocycles. The molecule has 110 valence electrons. The molecule has 0 aliphatic heterocycles. The second kappa shape index (κ2) is 7.41. The lowest BCUT2D eigenvalue weighted by molar-refractivity contribution is -0.274. The van der Waals surface area contributed by atoms with Gasteiger partial charge < -0.3 is 4.74 Å². The van der Waals surface area contributed by atoms with Gasteiger partial charge in [0, 0.05) is 0 Å². The molecule has 1 rings (SSSR count). The van der Waals surface area contributed by atoms with Crippen molar-refractivity contribution in [3.05, 3.63) is 29.8 Å². The zero-order valence-corrected chi connectivity index (χ0v) is 12.3. The van der Waals surface area contributed by atoms with Gasteiger partial charge in [-0.15, -0.1) is 13.2 Å². The monoisotopic (exact) mass is 276 g/mol. The standard InChI is InChI=1S/C9H9F3O.C6H14/c1-2-7-3-5-8(6-4-7)13-9(10,11)12;1-5-6(2,3)4/h3-6H,2H2,1H3;5H2,1-4H3. The average Bonchev–Trinajstić information content (AvgIpc) is 2.28. The zero-order chi connectivity index (χ0) is 15.1. The summed E-state index contributed by atoms with van der Waals surface area (Å²) in [6.45, 7) is 10.9. The molecule has 0 saturated carbocycles. The molecule has 0 radical (unpaired) electrons. The lowest BCUT2D eigenvalue weighted by Gasteiger charge is -2.12. The number of rotatable bonds is 2. The first kappa shape index (κ1) is 17.8. The summed E-state index contributed by atoms with van der Waals surface area (Å²) in [4.78, 5) is 0. The van der Waals surface area contributed by atoms with Crippen molar-refractivity contribution in [1.29, 1.82) is 0 Å². The molecule has 0 amide bonds. The number of aryl methyl sites for hydroxylation is 1. The molecule has 0 atom stereocenters. The summed E-state index contributed by atoms with van der Waals surface area (Å²) in [6.07, 6.45) is -2.53. The number of ether oxygens (including phenoxy) is 1. The van der Waals surface area contributed by atoms with E-state index >= 15 is 0 Å². The predicted octanol–water partition coefficient (Wildman–Crippen LogP) is 5.59. The largest absolute Gasteiger partial charge is 0.573 e. The Morgan fingerprint density at radius 3 is 1.63 bits per heavy atom. The Hall–Kier alpha value is -1.19. The topological polar surface area (TPSA) is 9.23 Å². The van der Waals surface area contributed by atoms with Gasteiger partial charge in [-0.25, -0.2) is 0 Å². The van der Waals surface area contributed by atoms with Gasteiger partial charge in [0.1, 0.15) is 5.75 Å². The average molecular weight is 276 g/mol. The highest BCUT2D eigenvalue weighted by Gasteiger charge is 2.30. The van der Waals surface area contributed by atoms with Gasteiger partial charge in [-0.3, -0.25) is 0 Å². The van der Waals surface area contributed by atoms with Gasteiger partial charge in [0.2, 0.25) is 0 Å². The first-order valence-electron chi connectivity index (χ1n) is 6.42. The van der Waals surface area contributed by atoms with E-state index in [1.54, 1.807) is 12.1 Å². The SMILES string of the molecule is CCC(C)(C)C.CCc1ccc(OC(F)(F)F)cc1. The van der Waals surface area contributed by atoms with Crippen molar-refractivity contribution in [1.82, 2.24) is 0 Å². The predicted molar refractivity (Wildman–Crippen MR) is 72.2 cm³/mol. The molecular weight excluding hydrogens is 253 g/mol. The fourth-order valence-electron chi connectivity index (χ4n) is 0.927. The molecule has 0 saturated heterocycles. The van der Waals surface area contributed by atoms with Gasteiger partial charge in [0.05, 0.1) is 0 Å². The number of alkyl halides is 3. The quantitative estimate of drug-likeness (QED) is 0.684. The van der Waals surface area contributed by atoms with Gasteiger partial charge >= 0.3 is 6.36 Å². The first-order valence-corrected chi connectivity index (χ1v) is 6.42. The molecule has 19 heavy (non-hydrogen) atoms. The minimum absolute atomic E-state index is 0.176. The van der Waals surface area contributed by atoms with Crippen molar-refractivity contribution < 1.29 is 17.9 Å². The molecule has 0 spiro atoms. The molecule has 0 fully saturated rings. The van der Waals surface area contributed by atoms with Crippen LogP contribution < -0.4 is 4.74 Å². The van der Waals surface area contributed by atoms with Crippen LogP contribution in [0, 0.1) is 5.41 Å². The summed E-state index contributed by atoms with van der Waals surface area (Å²) in [6, 6.07) is 5.85. The molecule has 0 unspecified atom stereocenters. The van der Waals surface area contributed by atoms with Gasteiger partial charge in [0.25, 0.3) is 0 Å². The maximum absolute atomic E-state index is 11.7. The minimum Gasteiger partial charge on any atom is -0.406 e. The van der Waals surface area contributed by atoms with E-state index in [0.717, 1.165) is 12.0 Å². The van der Waals surface area contributed by atoms with E-state index in [4.69, 9.17) is 0 Å². The highest BCUT2D eigenvalue weighted by atomic mass is 19.4. The Morgan fingerprint density at radius 1 is 0.947 bits per heavy atom. The molecule has 4 heteroatoms. The normalized spacial score (nSPS) is 11.6. The molecule has 0 aromatic heterocycles. The Morgan fingerprint density at radius 2 is 1.37 bits per heavy atom. The van der Waals surface area contributed by atoms with Crippen molar-refractivity contribution in [2.24, 2.45) is 5.41 Å². The van der Waals surface area contributed by atoms with Crippen LogP contribution in [0.2, 0.25) is 0 Å². The summed E-state index contributed by atoms with van der Waals surface area (Å²) < 4.78 is 38.8. The van der Waals surface area contributed by atoms with E-state index < -0.39 is 6.36 Å². The van der Waals surface area contributed by atoms with Crippen LogP contribution in [-0.4, -0.2) is 6.36 Å². The summed E-state index contributed by atoms with van der Waals surface area (Å²) >= 11 is 0. The molecule has 1 aromatic rings. The molecule has 0 bridgehead atoms. The molecule has 0 aliphatic rings. The smallest absolute Gasteiger partial charge is 0.406 e. The summed E-state index contributed by atoms with van der Waals surface area (Å²) in [5, 5.41) is 0. The Balaban J connectivity index is 0.000000459. The van der Waals surface area contributed by atoms with E-state index in [1.807, 2.05) is 6.92 Å². The second-order valence-corrected chi connectivity index (χ2v) is 5.46. The third-order valence-corrected chi connectivity index (χ3v) is 2.63. The van der Waals surface area contributed by atoms with Crippen molar-refractivity contribution in [2.75, 3.05) is 0 Å². The van der Waals surface area contributed by atoms with Crippen LogP contribution >= 0.6 is 0 Å². The maximum Gasteiger partial charge on any atom is 0.573 e. The van der Waals surface area contributed by atoms with Crippen LogP contribution in [0.3, 0.4) is 0 Å². The van der Waals surface area contributed by atoms with Gasteiger partial charge in [-0.1, -0.05) is 53.2 Å². The molecule has 0 N–H and O–H groups in total. The lowest BCUT2D eigenvalue weighted by atomic mass is 9.94. The van der Waals surface area contributed by atoms with Crippen LogP contribution in [0.5, 0.6) is 5.75 Å². The fraction of sp³-hybridized carbons (Fsp3) is 0.600. The first-order chi connectivity index (χ1) is 8.57. The Labute approximate surface area is 113 Å². The van der Waals surface area contributed by atoms with Crippen LogP contribution in [0.15, 0.2) is 24.3 Å². The van der Waals surface area contributed by atoms with E-state index in [-0.39, 0.29) is 5.75 Å². The number of halogens is 3. The van der Waals surface area contributed by atoms with Crippen LogP contribution in [0.1, 0.15) is 46.6 Å². The van der Waals surface area contributed by atoms with E-state index in [2.05, 4.69) is 32.4 Å². The van der Waals surface area contributed by atoms with Gasteiger partial charge in [0.15, 0.2) is 0 Å². The summed E-state index contributed by atoms with van der Waals surface area (Å²) in [7, 11) is 0. The number of benzene rings is 1. The highest BCUT2D eigenvalue weighted by molar-refractivity contribution is 5.27. The lowest BCUT2D eigenvalue weighted by Crippen LogP contribution is -2.16. The zero-order valence-electron chi connectivity index (χ0n) is 12.3. The van der Waals surface area contributed by atoms with Crippen LogP contribution in [0.4, 0.5) is 13.2 Å². The van der Waals surface area contributed by atoms with Gasteiger partial charge in [-0.05, 0) is 29.5 Å². The van der Waals surface area contributed by atoms with E-state index in [0.29, 0.717) is 5.41 Å². The minimum atomic E-state index is -4.60. The van der Waals surface area contributed by atoms with Gasteiger partial charge in [-0.2, -0.15) is 0 Å². The molecule has 1 nitrogen and oxygen atoms in total. The highest BCUT2D eigenvalue weighted by Crippen LogP contribution is 2.22. The second-order valence-electron chi connectivity index (χ2n) is 5.46.